The SMILES string of the molecule is C=CC/C(=C(\Sc1cccc(OC)c1)N1CCOC1=O)c1ccccc1. The molecule has 2 aromatic rings. The van der Waals surface area contributed by atoms with Crippen molar-refractivity contribution in [3.8, 4) is 5.75 Å². The molecule has 3 rings (SSSR count). The number of allylic oxidation sites excluding steroid dienone is 2. The van der Waals surface area contributed by atoms with E-state index in [2.05, 4.69) is 6.58 Å². The zero-order valence-electron chi connectivity index (χ0n) is 14.7. The van der Waals surface area contributed by atoms with E-state index in [0.29, 0.717) is 19.6 Å². The lowest BCUT2D eigenvalue weighted by molar-refractivity contribution is 0.165. The molecule has 0 radical (unpaired) electrons. The molecule has 0 aromatic heterocycles. The molecule has 0 unspecified atom stereocenters. The minimum absolute atomic E-state index is 0.312. The van der Waals surface area contributed by atoms with Gasteiger partial charge in [0.05, 0.1) is 18.7 Å². The molecule has 0 aliphatic carbocycles. The van der Waals surface area contributed by atoms with Crippen LogP contribution in [0.15, 0.2) is 77.2 Å². The van der Waals surface area contributed by atoms with Crippen LogP contribution in [0.4, 0.5) is 4.79 Å². The monoisotopic (exact) mass is 367 g/mol. The third-order valence-electron chi connectivity index (χ3n) is 3.99. The van der Waals surface area contributed by atoms with Gasteiger partial charge in [-0.25, -0.2) is 4.79 Å². The minimum Gasteiger partial charge on any atom is -0.497 e. The molecular formula is C21H21NO3S. The Morgan fingerprint density at radius 3 is 2.73 bits per heavy atom. The molecule has 1 aliphatic rings. The summed E-state index contributed by atoms with van der Waals surface area (Å²) in [5.41, 5.74) is 2.12. The topological polar surface area (TPSA) is 38.8 Å². The fourth-order valence-electron chi connectivity index (χ4n) is 2.75. The Hall–Kier alpha value is -2.66. The van der Waals surface area contributed by atoms with Crippen LogP contribution in [0.25, 0.3) is 5.57 Å². The molecule has 0 saturated carbocycles. The summed E-state index contributed by atoms with van der Waals surface area (Å²) in [4.78, 5) is 15.0. The number of rotatable bonds is 7. The number of methoxy groups -OCH3 is 1. The Bertz CT molecular complexity index is 817. The highest BCUT2D eigenvalue weighted by Crippen LogP contribution is 2.39. The van der Waals surface area contributed by atoms with E-state index >= 15 is 0 Å². The van der Waals surface area contributed by atoms with Gasteiger partial charge in [-0.1, -0.05) is 54.2 Å². The first-order chi connectivity index (χ1) is 12.7. The Morgan fingerprint density at radius 2 is 2.08 bits per heavy atom. The maximum absolute atomic E-state index is 12.3. The first kappa shape index (κ1) is 18.1. The Balaban J connectivity index is 2.08. The fourth-order valence-corrected chi connectivity index (χ4v) is 3.89. The quantitative estimate of drug-likeness (QED) is 0.499. The zero-order valence-corrected chi connectivity index (χ0v) is 15.5. The Labute approximate surface area is 158 Å². The lowest BCUT2D eigenvalue weighted by Gasteiger charge is -2.21. The van der Waals surface area contributed by atoms with Crippen molar-refractivity contribution in [3.05, 3.63) is 77.8 Å². The predicted octanol–water partition coefficient (Wildman–Crippen LogP) is 5.18. The van der Waals surface area contributed by atoms with E-state index in [1.54, 1.807) is 12.0 Å². The van der Waals surface area contributed by atoms with Crippen LogP contribution in [-0.4, -0.2) is 31.3 Å². The van der Waals surface area contributed by atoms with Gasteiger partial charge in [-0.2, -0.15) is 0 Å². The molecular weight excluding hydrogens is 346 g/mol. The number of thioether (sulfide) groups is 1. The van der Waals surface area contributed by atoms with Crippen molar-refractivity contribution in [2.45, 2.75) is 11.3 Å². The van der Waals surface area contributed by atoms with Crippen LogP contribution in [-0.2, 0) is 4.74 Å². The van der Waals surface area contributed by atoms with Crippen LogP contribution in [0.5, 0.6) is 5.75 Å². The number of benzene rings is 2. The van der Waals surface area contributed by atoms with Crippen LogP contribution in [0.2, 0.25) is 0 Å². The molecule has 0 bridgehead atoms. The van der Waals surface area contributed by atoms with E-state index in [9.17, 15) is 4.79 Å². The number of amides is 1. The molecule has 1 heterocycles. The first-order valence-electron chi connectivity index (χ1n) is 8.38. The summed E-state index contributed by atoms with van der Waals surface area (Å²) in [5.74, 6) is 0.781. The third kappa shape index (κ3) is 4.11. The van der Waals surface area contributed by atoms with Gasteiger partial charge in [0, 0.05) is 4.90 Å². The van der Waals surface area contributed by atoms with Gasteiger partial charge in [-0.3, -0.25) is 4.90 Å². The lowest BCUT2D eigenvalue weighted by atomic mass is 10.0. The Kier molecular flexibility index (Phi) is 6.02. The molecule has 2 aromatic carbocycles. The molecule has 0 atom stereocenters. The second-order valence-electron chi connectivity index (χ2n) is 5.69. The molecule has 5 heteroatoms. The van der Waals surface area contributed by atoms with Crippen molar-refractivity contribution < 1.29 is 14.3 Å². The van der Waals surface area contributed by atoms with Gasteiger partial charge < -0.3 is 9.47 Å². The van der Waals surface area contributed by atoms with Crippen molar-refractivity contribution in [3.63, 3.8) is 0 Å². The lowest BCUT2D eigenvalue weighted by Crippen LogP contribution is -2.23. The number of cyclic esters (lactones) is 1. The van der Waals surface area contributed by atoms with Crippen LogP contribution < -0.4 is 4.74 Å². The number of hydrogen-bond donors (Lipinski definition) is 0. The van der Waals surface area contributed by atoms with Crippen molar-refractivity contribution >= 4 is 23.4 Å². The van der Waals surface area contributed by atoms with E-state index in [1.807, 2.05) is 60.7 Å². The van der Waals surface area contributed by atoms with Crippen molar-refractivity contribution in [1.29, 1.82) is 0 Å². The average molecular weight is 367 g/mol. The largest absolute Gasteiger partial charge is 0.497 e. The van der Waals surface area contributed by atoms with Gasteiger partial charge in [-0.15, -0.1) is 6.58 Å². The zero-order chi connectivity index (χ0) is 18.4. The second-order valence-corrected chi connectivity index (χ2v) is 6.75. The van der Waals surface area contributed by atoms with Crippen LogP contribution >= 0.6 is 11.8 Å². The third-order valence-corrected chi connectivity index (χ3v) is 5.14. The average Bonchev–Trinajstić information content (AvgIpc) is 3.11. The van der Waals surface area contributed by atoms with E-state index in [-0.39, 0.29) is 6.09 Å². The predicted molar refractivity (Wildman–Crippen MR) is 105 cm³/mol. The summed E-state index contributed by atoms with van der Waals surface area (Å²) in [6.45, 7) is 4.83. The van der Waals surface area contributed by atoms with Crippen molar-refractivity contribution in [1.82, 2.24) is 4.90 Å². The number of hydrogen-bond acceptors (Lipinski definition) is 4. The highest BCUT2D eigenvalue weighted by Gasteiger charge is 2.28. The molecule has 26 heavy (non-hydrogen) atoms. The molecule has 1 saturated heterocycles. The summed E-state index contributed by atoms with van der Waals surface area (Å²) in [6, 6.07) is 17.9. The van der Waals surface area contributed by atoms with Gasteiger partial charge in [0.1, 0.15) is 12.4 Å². The van der Waals surface area contributed by atoms with E-state index in [1.165, 1.54) is 11.8 Å². The summed E-state index contributed by atoms with van der Waals surface area (Å²) in [7, 11) is 1.64. The first-order valence-corrected chi connectivity index (χ1v) is 9.20. The number of nitrogens with zero attached hydrogens (tertiary/aromatic N) is 1. The maximum atomic E-state index is 12.3. The maximum Gasteiger partial charge on any atom is 0.414 e. The van der Waals surface area contributed by atoms with E-state index < -0.39 is 0 Å². The molecule has 1 fully saturated rings. The van der Waals surface area contributed by atoms with Crippen LogP contribution in [0, 0.1) is 0 Å². The van der Waals surface area contributed by atoms with Crippen molar-refractivity contribution in [2.75, 3.05) is 20.3 Å². The Morgan fingerprint density at radius 1 is 1.27 bits per heavy atom. The normalized spacial score (nSPS) is 14.7. The highest BCUT2D eigenvalue weighted by molar-refractivity contribution is 8.03. The van der Waals surface area contributed by atoms with Crippen LogP contribution in [0.1, 0.15) is 12.0 Å². The summed E-state index contributed by atoms with van der Waals surface area (Å²) < 4.78 is 10.5. The molecule has 134 valence electrons. The highest BCUT2D eigenvalue weighted by atomic mass is 32.2. The van der Waals surface area contributed by atoms with E-state index in [4.69, 9.17) is 9.47 Å². The summed E-state index contributed by atoms with van der Waals surface area (Å²) in [6.07, 6.45) is 2.20. The summed E-state index contributed by atoms with van der Waals surface area (Å²) >= 11 is 1.54. The number of ether oxygens (including phenoxy) is 2. The molecule has 1 amide bonds. The summed E-state index contributed by atoms with van der Waals surface area (Å²) in [5, 5.41) is 0.867. The van der Waals surface area contributed by atoms with Gasteiger partial charge in [-0.05, 0) is 35.8 Å². The standard InChI is InChI=1S/C21H21NO3S/c1-3-8-19(16-9-5-4-6-10-16)20(22-13-14-25-21(22)23)26-18-12-7-11-17(15-18)24-2/h3-7,9-12,15H,1,8,13-14H2,2H3/b20-19+. The number of carbonyl (C=O) groups excluding carboxylic acids is 1. The molecule has 0 spiro atoms. The second kappa shape index (κ2) is 8.63. The van der Waals surface area contributed by atoms with Gasteiger partial charge >= 0.3 is 6.09 Å². The van der Waals surface area contributed by atoms with Crippen molar-refractivity contribution in [2.24, 2.45) is 0 Å². The smallest absolute Gasteiger partial charge is 0.414 e. The van der Waals surface area contributed by atoms with Gasteiger partial charge in [0.2, 0.25) is 0 Å². The van der Waals surface area contributed by atoms with E-state index in [0.717, 1.165) is 26.8 Å². The molecule has 1 aliphatic heterocycles. The molecule has 0 N–H and O–H groups in total. The minimum atomic E-state index is -0.312. The fraction of sp³-hybridized carbons (Fsp3) is 0.190. The molecule has 4 nitrogen and oxygen atoms in total. The van der Waals surface area contributed by atoms with Gasteiger partial charge in [0.15, 0.2) is 0 Å². The number of carbonyl (C=O) groups is 1. The van der Waals surface area contributed by atoms with Crippen LogP contribution in [0.3, 0.4) is 0 Å². The van der Waals surface area contributed by atoms with Gasteiger partial charge in [0.25, 0.3) is 0 Å².